The van der Waals surface area contributed by atoms with Crippen molar-refractivity contribution in [2.24, 2.45) is 11.8 Å². The van der Waals surface area contributed by atoms with E-state index < -0.39 is 0 Å². The molecule has 0 aliphatic carbocycles. The first-order valence-electron chi connectivity index (χ1n) is 4.81. The van der Waals surface area contributed by atoms with Gasteiger partial charge in [-0.25, -0.2) is 10.1 Å². The summed E-state index contributed by atoms with van der Waals surface area (Å²) in [4.78, 5) is 16.1. The molecule has 0 radical (unpaired) electrons. The molecule has 1 heterocycles. The summed E-state index contributed by atoms with van der Waals surface area (Å²) in [6, 6.07) is 0. The van der Waals surface area contributed by atoms with E-state index in [1.54, 1.807) is 5.01 Å². The van der Waals surface area contributed by atoms with Gasteiger partial charge in [-0.05, 0) is 20.8 Å². The molecular weight excluding hydrogens is 182 g/mol. The molecule has 1 amide bonds. The number of hydroxylamine groups is 2. The van der Waals surface area contributed by atoms with Crippen LogP contribution in [-0.4, -0.2) is 41.7 Å². The molecule has 1 aliphatic rings. The van der Waals surface area contributed by atoms with Crippen LogP contribution in [-0.2, 0) is 9.63 Å². The van der Waals surface area contributed by atoms with Crippen LogP contribution in [0.25, 0.3) is 0 Å². The number of nitrogens with zero attached hydrogens (tertiary/aromatic N) is 2. The monoisotopic (exact) mass is 201 g/mol. The van der Waals surface area contributed by atoms with E-state index in [1.807, 2.05) is 20.8 Å². The summed E-state index contributed by atoms with van der Waals surface area (Å²) in [7, 11) is 0. The molecule has 2 N–H and O–H groups in total. The Kier molecular flexibility index (Phi) is 3.47. The highest BCUT2D eigenvalue weighted by Crippen LogP contribution is 2.15. The normalized spacial score (nSPS) is 19.1. The van der Waals surface area contributed by atoms with Crippen LogP contribution in [0.15, 0.2) is 0 Å². The lowest BCUT2D eigenvalue weighted by atomic mass is 10.0. The lowest BCUT2D eigenvalue weighted by molar-refractivity contribution is -0.223. The number of hydrogen-bond donors (Lipinski definition) is 1. The first-order chi connectivity index (χ1) is 6.40. The van der Waals surface area contributed by atoms with Gasteiger partial charge in [-0.1, -0.05) is 0 Å². The van der Waals surface area contributed by atoms with Crippen LogP contribution < -0.4 is 5.84 Å². The molecule has 0 bridgehead atoms. The second-order valence-corrected chi connectivity index (χ2v) is 4.73. The molecule has 0 spiro atoms. The van der Waals surface area contributed by atoms with E-state index in [-0.39, 0.29) is 5.60 Å². The summed E-state index contributed by atoms with van der Waals surface area (Å²) >= 11 is 0. The van der Waals surface area contributed by atoms with Crippen molar-refractivity contribution in [3.05, 3.63) is 0 Å². The molecule has 0 unspecified atom stereocenters. The number of rotatable bonds is 4. The fourth-order valence-electron chi connectivity index (χ4n) is 1.43. The van der Waals surface area contributed by atoms with Crippen molar-refractivity contribution < 1.29 is 9.63 Å². The lowest BCUT2D eigenvalue weighted by Crippen LogP contribution is -2.55. The molecule has 1 fully saturated rings. The predicted molar refractivity (Wildman–Crippen MR) is 52.9 cm³/mol. The minimum Gasteiger partial charge on any atom is -0.276 e. The van der Waals surface area contributed by atoms with Gasteiger partial charge in [-0.15, -0.1) is 0 Å². The maximum absolute atomic E-state index is 10.7. The molecule has 0 saturated carbocycles. The maximum atomic E-state index is 10.7. The Morgan fingerprint density at radius 1 is 1.57 bits per heavy atom. The van der Waals surface area contributed by atoms with E-state index in [9.17, 15) is 4.79 Å². The molecule has 0 aromatic rings. The molecule has 0 atom stereocenters. The van der Waals surface area contributed by atoms with Crippen LogP contribution in [0.5, 0.6) is 0 Å². The summed E-state index contributed by atoms with van der Waals surface area (Å²) in [5.41, 5.74) is -0.326. The van der Waals surface area contributed by atoms with Crippen LogP contribution in [0.2, 0.25) is 0 Å². The van der Waals surface area contributed by atoms with Crippen LogP contribution in [0, 0.1) is 5.92 Å². The minimum atomic E-state index is -0.326. The standard InChI is InChI=1S/C9H19N3O2/c1-9(2,3)14-12(7-13)6-8-4-11(10)5-8/h7-8H,4-6,10H2,1-3H3. The summed E-state index contributed by atoms with van der Waals surface area (Å²) in [6.45, 7) is 8.03. The van der Waals surface area contributed by atoms with Gasteiger partial charge in [0.2, 0.25) is 6.41 Å². The zero-order valence-electron chi connectivity index (χ0n) is 9.06. The fraction of sp³-hybridized carbons (Fsp3) is 0.889. The number of hydrazine groups is 1. The van der Waals surface area contributed by atoms with Crippen molar-refractivity contribution in [1.29, 1.82) is 0 Å². The first kappa shape index (κ1) is 11.4. The van der Waals surface area contributed by atoms with Gasteiger partial charge in [0.15, 0.2) is 0 Å². The molecule has 0 aromatic heterocycles. The Morgan fingerprint density at radius 2 is 2.14 bits per heavy atom. The third kappa shape index (κ3) is 3.61. The third-order valence-corrected chi connectivity index (χ3v) is 1.93. The topological polar surface area (TPSA) is 58.8 Å². The Labute approximate surface area is 84.7 Å². The number of carbonyl (C=O) groups excluding carboxylic acids is 1. The maximum Gasteiger partial charge on any atom is 0.233 e. The lowest BCUT2D eigenvalue weighted by Gasteiger charge is -2.38. The van der Waals surface area contributed by atoms with Crippen LogP contribution in [0.1, 0.15) is 20.8 Å². The molecule has 1 saturated heterocycles. The summed E-state index contributed by atoms with van der Waals surface area (Å²) in [5, 5.41) is 3.09. The van der Waals surface area contributed by atoms with Crippen LogP contribution in [0.4, 0.5) is 0 Å². The average Bonchev–Trinajstić information content (AvgIpc) is 1.97. The van der Waals surface area contributed by atoms with Gasteiger partial charge in [0.25, 0.3) is 0 Å². The number of carbonyl (C=O) groups is 1. The first-order valence-corrected chi connectivity index (χ1v) is 4.81. The Morgan fingerprint density at radius 3 is 2.50 bits per heavy atom. The molecular formula is C9H19N3O2. The minimum absolute atomic E-state index is 0.326. The highest BCUT2D eigenvalue weighted by Gasteiger charge is 2.27. The number of amides is 1. The summed E-state index contributed by atoms with van der Waals surface area (Å²) in [6.07, 6.45) is 0.727. The SMILES string of the molecule is CC(C)(C)ON(C=O)CC1CN(N)C1. The molecule has 14 heavy (non-hydrogen) atoms. The van der Waals surface area contributed by atoms with Crippen molar-refractivity contribution >= 4 is 6.41 Å². The van der Waals surface area contributed by atoms with E-state index in [4.69, 9.17) is 10.7 Å². The van der Waals surface area contributed by atoms with Gasteiger partial charge in [0.05, 0.1) is 12.1 Å². The second-order valence-electron chi connectivity index (χ2n) is 4.73. The highest BCUT2D eigenvalue weighted by atomic mass is 16.7. The largest absolute Gasteiger partial charge is 0.276 e. The van der Waals surface area contributed by atoms with Crippen molar-refractivity contribution in [1.82, 2.24) is 10.1 Å². The van der Waals surface area contributed by atoms with Crippen molar-refractivity contribution in [2.75, 3.05) is 19.6 Å². The van der Waals surface area contributed by atoms with Gasteiger partial charge < -0.3 is 0 Å². The van der Waals surface area contributed by atoms with E-state index in [2.05, 4.69) is 0 Å². The predicted octanol–water partition coefficient (Wildman–Crippen LogP) is -0.0196. The molecule has 1 aliphatic heterocycles. The molecule has 5 nitrogen and oxygen atoms in total. The quantitative estimate of drug-likeness (QED) is 0.394. The van der Waals surface area contributed by atoms with Gasteiger partial charge in [-0.2, -0.15) is 0 Å². The van der Waals surface area contributed by atoms with Crippen molar-refractivity contribution in [3.63, 3.8) is 0 Å². The Balaban J connectivity index is 2.29. The Hall–Kier alpha value is -0.650. The van der Waals surface area contributed by atoms with E-state index in [0.717, 1.165) is 19.5 Å². The molecule has 0 aromatic carbocycles. The van der Waals surface area contributed by atoms with E-state index in [0.29, 0.717) is 12.5 Å². The van der Waals surface area contributed by atoms with E-state index in [1.165, 1.54) is 5.06 Å². The highest BCUT2D eigenvalue weighted by molar-refractivity contribution is 5.45. The van der Waals surface area contributed by atoms with Crippen LogP contribution >= 0.6 is 0 Å². The van der Waals surface area contributed by atoms with Gasteiger partial charge >= 0.3 is 0 Å². The number of hydrogen-bond acceptors (Lipinski definition) is 4. The summed E-state index contributed by atoms with van der Waals surface area (Å²) < 4.78 is 0. The second kappa shape index (κ2) is 4.25. The van der Waals surface area contributed by atoms with Crippen LogP contribution in [0.3, 0.4) is 0 Å². The van der Waals surface area contributed by atoms with Crippen molar-refractivity contribution in [3.8, 4) is 0 Å². The molecule has 82 valence electrons. The van der Waals surface area contributed by atoms with Crippen molar-refractivity contribution in [2.45, 2.75) is 26.4 Å². The van der Waals surface area contributed by atoms with Gasteiger partial charge in [0, 0.05) is 19.0 Å². The zero-order chi connectivity index (χ0) is 10.8. The third-order valence-electron chi connectivity index (χ3n) is 1.93. The van der Waals surface area contributed by atoms with E-state index >= 15 is 0 Å². The smallest absolute Gasteiger partial charge is 0.233 e. The fourth-order valence-corrected chi connectivity index (χ4v) is 1.43. The molecule has 5 heteroatoms. The molecule has 1 rings (SSSR count). The summed E-state index contributed by atoms with van der Waals surface area (Å²) in [5.74, 6) is 5.94. The van der Waals surface area contributed by atoms with Gasteiger partial charge in [-0.3, -0.25) is 15.5 Å². The van der Waals surface area contributed by atoms with Gasteiger partial charge in [0.1, 0.15) is 0 Å². The average molecular weight is 201 g/mol. The zero-order valence-corrected chi connectivity index (χ0v) is 9.06. The number of nitrogens with two attached hydrogens (primary N) is 1. The Bertz CT molecular complexity index is 197.